The molecule has 72 valence electrons. The molecule has 0 bridgehead atoms. The largest absolute Gasteiger partial charge is 0.507 e. The van der Waals surface area contributed by atoms with E-state index in [0.717, 1.165) is 0 Å². The van der Waals surface area contributed by atoms with Gasteiger partial charge < -0.3 is 5.11 Å². The maximum Gasteiger partial charge on any atom is 0.267 e. The highest BCUT2D eigenvalue weighted by Gasteiger charge is 2.13. The van der Waals surface area contributed by atoms with Crippen molar-refractivity contribution in [1.82, 2.24) is 4.98 Å². The number of benzene rings is 1. The predicted molar refractivity (Wildman–Crippen MR) is 48.4 cm³/mol. The van der Waals surface area contributed by atoms with E-state index in [4.69, 9.17) is 0 Å². The van der Waals surface area contributed by atoms with Crippen LogP contribution in [0.5, 0.6) is 5.75 Å². The van der Waals surface area contributed by atoms with Gasteiger partial charge in [0.15, 0.2) is 0 Å². The first kappa shape index (κ1) is 8.87. The fraction of sp³-hybridized carbons (Fsp3) is 0.100. The van der Waals surface area contributed by atoms with Crippen LogP contribution in [-0.4, -0.2) is 10.1 Å². The zero-order valence-corrected chi connectivity index (χ0v) is 7.11. The number of pyridine rings is 1. The van der Waals surface area contributed by atoms with Crippen molar-refractivity contribution in [3.63, 3.8) is 0 Å². The Morgan fingerprint density at radius 3 is 2.79 bits per heavy atom. The van der Waals surface area contributed by atoms with Gasteiger partial charge in [-0.25, -0.2) is 8.78 Å². The van der Waals surface area contributed by atoms with Crippen molar-refractivity contribution in [3.05, 3.63) is 36.0 Å². The summed E-state index contributed by atoms with van der Waals surface area (Å²) in [5.74, 6) is -0.411. The molecule has 0 saturated heterocycles. The molecule has 14 heavy (non-hydrogen) atoms. The molecular weight excluding hydrogens is 188 g/mol. The van der Waals surface area contributed by atoms with Crippen molar-refractivity contribution < 1.29 is 13.9 Å². The van der Waals surface area contributed by atoms with Gasteiger partial charge in [0.2, 0.25) is 0 Å². The number of fused-ring (bicyclic) bond motifs is 1. The monoisotopic (exact) mass is 195 g/mol. The summed E-state index contributed by atoms with van der Waals surface area (Å²) >= 11 is 0. The number of halogens is 2. The summed E-state index contributed by atoms with van der Waals surface area (Å²) in [6.45, 7) is 0. The Hall–Kier alpha value is -1.71. The third-order valence-corrected chi connectivity index (χ3v) is 1.99. The molecule has 0 atom stereocenters. The van der Waals surface area contributed by atoms with Crippen LogP contribution in [0.15, 0.2) is 30.5 Å². The fourth-order valence-corrected chi connectivity index (χ4v) is 1.30. The van der Waals surface area contributed by atoms with E-state index in [0.29, 0.717) is 10.9 Å². The summed E-state index contributed by atoms with van der Waals surface area (Å²) in [5.41, 5.74) is 0.153. The second-order valence-electron chi connectivity index (χ2n) is 2.91. The molecule has 0 unspecified atom stereocenters. The summed E-state index contributed by atoms with van der Waals surface area (Å²) in [6, 6.07) is 5.83. The first-order chi connectivity index (χ1) is 6.68. The summed E-state index contributed by atoms with van der Waals surface area (Å²) in [5, 5.41) is 9.86. The third-order valence-electron chi connectivity index (χ3n) is 1.99. The predicted octanol–water partition coefficient (Wildman–Crippen LogP) is 2.88. The average molecular weight is 195 g/mol. The Bertz CT molecular complexity index is 471. The van der Waals surface area contributed by atoms with Gasteiger partial charge in [-0.1, -0.05) is 6.07 Å². The molecule has 1 N–H and O–H groups in total. The number of phenolic OH excluding ortho intramolecular Hbond substituents is 1. The number of rotatable bonds is 1. The van der Waals surface area contributed by atoms with Crippen LogP contribution < -0.4 is 0 Å². The minimum Gasteiger partial charge on any atom is -0.507 e. The lowest BCUT2D eigenvalue weighted by atomic mass is 10.1. The molecule has 1 aromatic heterocycles. The second-order valence-corrected chi connectivity index (χ2v) is 2.91. The van der Waals surface area contributed by atoms with Crippen LogP contribution in [0.3, 0.4) is 0 Å². The van der Waals surface area contributed by atoms with Gasteiger partial charge in [-0.15, -0.1) is 0 Å². The number of hydrogen-bond acceptors (Lipinski definition) is 2. The molecule has 0 radical (unpaired) electrons. The second kappa shape index (κ2) is 3.21. The van der Waals surface area contributed by atoms with Crippen molar-refractivity contribution in [2.75, 3.05) is 0 Å². The van der Waals surface area contributed by atoms with Gasteiger partial charge in [0.25, 0.3) is 6.43 Å². The highest BCUT2D eigenvalue weighted by molar-refractivity contribution is 5.81. The number of nitrogens with zero attached hydrogens (tertiary/aromatic N) is 1. The Labute approximate surface area is 78.8 Å². The molecule has 0 aliphatic heterocycles. The topological polar surface area (TPSA) is 33.1 Å². The molecule has 2 nitrogen and oxygen atoms in total. The Morgan fingerprint density at radius 2 is 2.07 bits per heavy atom. The van der Waals surface area contributed by atoms with Crippen LogP contribution in [-0.2, 0) is 0 Å². The highest BCUT2D eigenvalue weighted by Crippen LogP contribution is 2.31. The molecular formula is C10H7F2NO. The van der Waals surface area contributed by atoms with E-state index in [1.165, 1.54) is 12.1 Å². The van der Waals surface area contributed by atoms with Gasteiger partial charge in [0.05, 0.1) is 11.1 Å². The molecule has 0 aliphatic rings. The van der Waals surface area contributed by atoms with E-state index in [1.54, 1.807) is 18.3 Å². The summed E-state index contributed by atoms with van der Waals surface area (Å²) in [6.07, 6.45) is -1.12. The zero-order chi connectivity index (χ0) is 10.1. The quantitative estimate of drug-likeness (QED) is 0.758. The molecule has 0 amide bonds. The minimum absolute atomic E-state index is 0.356. The molecule has 4 heteroatoms. The first-order valence-corrected chi connectivity index (χ1v) is 4.04. The first-order valence-electron chi connectivity index (χ1n) is 4.04. The van der Waals surface area contributed by atoms with Crippen molar-refractivity contribution in [2.45, 2.75) is 6.43 Å². The Morgan fingerprint density at radius 1 is 1.29 bits per heavy atom. The van der Waals surface area contributed by atoms with E-state index < -0.39 is 12.2 Å². The standard InChI is InChI=1S/C10H7F2NO/c11-10(12)7-4-6-2-1-3-13-8(6)5-9(7)14/h1-5,10,14H. The van der Waals surface area contributed by atoms with Crippen LogP contribution in [0, 0.1) is 0 Å². The van der Waals surface area contributed by atoms with Gasteiger partial charge >= 0.3 is 0 Å². The molecule has 0 spiro atoms. The lowest BCUT2D eigenvalue weighted by Gasteiger charge is -2.04. The molecule has 0 saturated carbocycles. The summed E-state index contributed by atoms with van der Waals surface area (Å²) in [7, 11) is 0. The lowest BCUT2D eigenvalue weighted by Crippen LogP contribution is -1.87. The van der Waals surface area contributed by atoms with E-state index >= 15 is 0 Å². The number of hydrogen-bond donors (Lipinski definition) is 1. The van der Waals surface area contributed by atoms with E-state index in [-0.39, 0.29) is 5.56 Å². The van der Waals surface area contributed by atoms with Crippen LogP contribution in [0.2, 0.25) is 0 Å². The average Bonchev–Trinajstić information content (AvgIpc) is 2.16. The Balaban J connectivity index is 2.71. The van der Waals surface area contributed by atoms with E-state index in [2.05, 4.69) is 4.98 Å². The molecule has 2 rings (SSSR count). The number of phenols is 1. The summed E-state index contributed by atoms with van der Waals surface area (Å²) in [4.78, 5) is 3.94. The SMILES string of the molecule is Oc1cc2ncccc2cc1C(F)F. The van der Waals surface area contributed by atoms with Gasteiger partial charge in [-0.3, -0.25) is 4.98 Å². The van der Waals surface area contributed by atoms with Gasteiger partial charge in [0.1, 0.15) is 5.75 Å². The van der Waals surface area contributed by atoms with Crippen molar-refractivity contribution in [1.29, 1.82) is 0 Å². The van der Waals surface area contributed by atoms with Crippen LogP contribution in [0.4, 0.5) is 8.78 Å². The van der Waals surface area contributed by atoms with Gasteiger partial charge in [0, 0.05) is 17.6 Å². The minimum atomic E-state index is -2.67. The van der Waals surface area contributed by atoms with Crippen molar-refractivity contribution >= 4 is 10.9 Å². The smallest absolute Gasteiger partial charge is 0.267 e. The van der Waals surface area contributed by atoms with Crippen molar-refractivity contribution in [3.8, 4) is 5.75 Å². The maximum absolute atomic E-state index is 12.4. The number of aromatic nitrogens is 1. The molecule has 0 fully saturated rings. The van der Waals surface area contributed by atoms with Crippen molar-refractivity contribution in [2.24, 2.45) is 0 Å². The van der Waals surface area contributed by atoms with Crippen LogP contribution >= 0.6 is 0 Å². The van der Waals surface area contributed by atoms with Crippen LogP contribution in [0.1, 0.15) is 12.0 Å². The fourth-order valence-electron chi connectivity index (χ4n) is 1.30. The zero-order valence-electron chi connectivity index (χ0n) is 7.11. The summed E-state index contributed by atoms with van der Waals surface area (Å²) < 4.78 is 24.8. The number of aromatic hydroxyl groups is 1. The number of alkyl halides is 2. The third kappa shape index (κ3) is 1.39. The van der Waals surface area contributed by atoms with Crippen LogP contribution in [0.25, 0.3) is 10.9 Å². The van der Waals surface area contributed by atoms with Gasteiger partial charge in [-0.05, 0) is 12.1 Å². The highest BCUT2D eigenvalue weighted by atomic mass is 19.3. The lowest BCUT2D eigenvalue weighted by molar-refractivity contribution is 0.147. The Kier molecular flexibility index (Phi) is 2.04. The molecule has 2 aromatic rings. The molecule has 0 aliphatic carbocycles. The van der Waals surface area contributed by atoms with E-state index in [1.807, 2.05) is 0 Å². The van der Waals surface area contributed by atoms with E-state index in [9.17, 15) is 13.9 Å². The molecule has 1 heterocycles. The maximum atomic E-state index is 12.4. The normalized spacial score (nSPS) is 11.1. The van der Waals surface area contributed by atoms with Gasteiger partial charge in [-0.2, -0.15) is 0 Å². The molecule has 1 aromatic carbocycles.